The van der Waals surface area contributed by atoms with Gasteiger partial charge >= 0.3 is 5.51 Å². The van der Waals surface area contributed by atoms with Gasteiger partial charge < -0.3 is 4.90 Å². The highest BCUT2D eigenvalue weighted by Gasteiger charge is 2.38. The maximum atomic E-state index is 12.8. The molecule has 0 aromatic heterocycles. The molecular weight excluding hydrogens is 411 g/mol. The summed E-state index contributed by atoms with van der Waals surface area (Å²) in [5.74, 6) is -0.120. The van der Waals surface area contributed by atoms with Crippen molar-refractivity contribution < 1.29 is 26.4 Å². The van der Waals surface area contributed by atoms with Gasteiger partial charge in [0, 0.05) is 23.1 Å². The molecule has 0 N–H and O–H groups in total. The quantitative estimate of drug-likeness (QED) is 0.514. The van der Waals surface area contributed by atoms with E-state index in [1.54, 1.807) is 11.0 Å². The Morgan fingerprint density at radius 1 is 1.07 bits per heavy atom. The van der Waals surface area contributed by atoms with Crippen LogP contribution in [0.3, 0.4) is 0 Å². The average Bonchev–Trinajstić information content (AvgIpc) is 3.23. The number of amides is 1. The van der Waals surface area contributed by atoms with E-state index in [4.69, 9.17) is 0 Å². The van der Waals surface area contributed by atoms with E-state index in [0.29, 0.717) is 12.0 Å². The fraction of sp³-hybridized carbons (Fsp3) is 0.526. The molecule has 2 fully saturated rings. The number of alkyl halides is 3. The molecule has 2 aliphatic rings. The normalized spacial score (nSPS) is 22.8. The number of carbonyl (C=O) groups excluding carboxylic acids is 1. The number of hydrogen-bond donors (Lipinski definition) is 0. The van der Waals surface area contributed by atoms with Crippen molar-refractivity contribution in [3.63, 3.8) is 0 Å². The Hall–Kier alpha value is -1.48. The second-order valence-electron chi connectivity index (χ2n) is 7.19. The van der Waals surface area contributed by atoms with Gasteiger partial charge in [-0.1, -0.05) is 25.0 Å². The second-order valence-corrected chi connectivity index (χ2v) is 10.6. The molecule has 1 aliphatic carbocycles. The van der Waals surface area contributed by atoms with Crippen molar-refractivity contribution in [2.24, 2.45) is 0 Å². The van der Waals surface area contributed by atoms with E-state index in [2.05, 4.69) is 0 Å². The predicted molar refractivity (Wildman–Crippen MR) is 104 cm³/mol. The van der Waals surface area contributed by atoms with E-state index in [9.17, 15) is 26.4 Å². The third-order valence-corrected chi connectivity index (χ3v) is 7.60. The summed E-state index contributed by atoms with van der Waals surface area (Å²) in [6.07, 6.45) is 7.22. The minimum Gasteiger partial charge on any atom is -0.332 e. The zero-order chi connectivity index (χ0) is 20.4. The van der Waals surface area contributed by atoms with E-state index in [1.165, 1.54) is 30.3 Å². The number of nitrogens with zero attached hydrogens (tertiary/aromatic N) is 1. The lowest BCUT2D eigenvalue weighted by Gasteiger charge is -2.33. The third-order valence-electron chi connectivity index (χ3n) is 5.11. The Labute approximate surface area is 167 Å². The highest BCUT2D eigenvalue weighted by Crippen LogP contribution is 2.36. The molecule has 1 heterocycles. The zero-order valence-electron chi connectivity index (χ0n) is 15.2. The van der Waals surface area contributed by atoms with Gasteiger partial charge in [-0.05, 0) is 54.8 Å². The van der Waals surface area contributed by atoms with Crippen LogP contribution in [0, 0.1) is 0 Å². The summed E-state index contributed by atoms with van der Waals surface area (Å²) in [5.41, 5.74) is -3.72. The molecule has 0 spiro atoms. The van der Waals surface area contributed by atoms with Crippen molar-refractivity contribution in [2.75, 3.05) is 11.5 Å². The van der Waals surface area contributed by atoms with Crippen LogP contribution in [0.2, 0.25) is 0 Å². The van der Waals surface area contributed by atoms with E-state index < -0.39 is 15.3 Å². The Balaban J connectivity index is 1.70. The summed E-state index contributed by atoms with van der Waals surface area (Å²) in [7, 11) is -3.10. The molecule has 4 nitrogen and oxygen atoms in total. The van der Waals surface area contributed by atoms with E-state index in [0.717, 1.165) is 25.7 Å². The number of halogens is 3. The van der Waals surface area contributed by atoms with Gasteiger partial charge in [-0.3, -0.25) is 4.79 Å². The monoisotopic (exact) mass is 433 g/mol. The predicted octanol–water partition coefficient (Wildman–Crippen LogP) is 4.27. The van der Waals surface area contributed by atoms with Crippen LogP contribution in [0.15, 0.2) is 35.2 Å². The van der Waals surface area contributed by atoms with Crippen molar-refractivity contribution in [1.29, 1.82) is 0 Å². The van der Waals surface area contributed by atoms with Crippen LogP contribution < -0.4 is 0 Å². The molecule has 9 heteroatoms. The van der Waals surface area contributed by atoms with E-state index in [1.807, 2.05) is 0 Å². The van der Waals surface area contributed by atoms with Crippen molar-refractivity contribution in [3.05, 3.63) is 35.9 Å². The number of rotatable bonds is 5. The van der Waals surface area contributed by atoms with Crippen molar-refractivity contribution in [3.8, 4) is 0 Å². The maximum Gasteiger partial charge on any atom is 0.446 e. The van der Waals surface area contributed by atoms with Crippen LogP contribution in [-0.4, -0.2) is 48.3 Å². The lowest BCUT2D eigenvalue weighted by Crippen LogP contribution is -2.46. The molecule has 28 heavy (non-hydrogen) atoms. The molecular formula is C19H22F3NO3S2. The molecule has 0 radical (unpaired) electrons. The van der Waals surface area contributed by atoms with Gasteiger partial charge in [0.1, 0.15) is 0 Å². The van der Waals surface area contributed by atoms with Crippen molar-refractivity contribution in [1.82, 2.24) is 4.90 Å². The number of benzene rings is 1. The van der Waals surface area contributed by atoms with Crippen molar-refractivity contribution in [2.45, 2.75) is 54.6 Å². The van der Waals surface area contributed by atoms with Gasteiger partial charge in [0.25, 0.3) is 0 Å². The second kappa shape index (κ2) is 8.49. The average molecular weight is 434 g/mol. The first-order chi connectivity index (χ1) is 13.1. The van der Waals surface area contributed by atoms with Crippen LogP contribution in [0.5, 0.6) is 0 Å². The Bertz CT molecular complexity index is 829. The molecule has 1 atom stereocenters. The number of sulfone groups is 1. The fourth-order valence-electron chi connectivity index (χ4n) is 3.87. The summed E-state index contributed by atoms with van der Waals surface area (Å²) in [4.78, 5) is 14.7. The molecule has 1 aromatic carbocycles. The molecule has 1 aromatic rings. The van der Waals surface area contributed by atoms with E-state index >= 15 is 0 Å². The first-order valence-corrected chi connectivity index (χ1v) is 11.8. The van der Waals surface area contributed by atoms with Gasteiger partial charge in [0.2, 0.25) is 5.91 Å². The lowest BCUT2D eigenvalue weighted by molar-refractivity contribution is -0.130. The van der Waals surface area contributed by atoms with Crippen LogP contribution in [0.25, 0.3) is 6.08 Å². The first kappa shape index (κ1) is 21.2. The van der Waals surface area contributed by atoms with Crippen LogP contribution >= 0.6 is 11.8 Å². The van der Waals surface area contributed by atoms with Crippen LogP contribution in [0.4, 0.5) is 13.2 Å². The molecule has 0 bridgehead atoms. The standard InChI is InChI=1S/C19H22F3NO3S2/c20-19(21,22)27-17-8-5-14(6-9-17)7-10-18(24)23(15-3-1-2-4-15)16-11-12-28(25,26)13-16/h5-10,15-16H,1-4,11-13H2/b10-7+. The molecule has 1 saturated heterocycles. The van der Waals surface area contributed by atoms with Gasteiger partial charge in [-0.2, -0.15) is 13.2 Å². The van der Waals surface area contributed by atoms with Crippen LogP contribution in [0.1, 0.15) is 37.7 Å². The highest BCUT2D eigenvalue weighted by atomic mass is 32.2. The summed E-state index contributed by atoms with van der Waals surface area (Å²) in [5, 5.41) is 0. The number of hydrogen-bond acceptors (Lipinski definition) is 4. The molecule has 154 valence electrons. The Kier molecular flexibility index (Phi) is 6.44. The lowest BCUT2D eigenvalue weighted by atomic mass is 10.1. The third kappa shape index (κ3) is 5.76. The van der Waals surface area contributed by atoms with Gasteiger partial charge in [-0.15, -0.1) is 0 Å². The zero-order valence-corrected chi connectivity index (χ0v) is 16.8. The molecule has 1 aliphatic heterocycles. The summed E-state index contributed by atoms with van der Waals surface area (Å²) < 4.78 is 60.9. The Morgan fingerprint density at radius 3 is 2.25 bits per heavy atom. The smallest absolute Gasteiger partial charge is 0.332 e. The Morgan fingerprint density at radius 2 is 1.71 bits per heavy atom. The van der Waals surface area contributed by atoms with Gasteiger partial charge in [0.15, 0.2) is 9.84 Å². The minimum absolute atomic E-state index is 0.00639. The minimum atomic E-state index is -4.34. The van der Waals surface area contributed by atoms with Crippen molar-refractivity contribution >= 4 is 33.6 Å². The molecule has 1 unspecified atom stereocenters. The summed E-state index contributed by atoms with van der Waals surface area (Å²) in [6.45, 7) is 0. The molecule has 1 amide bonds. The largest absolute Gasteiger partial charge is 0.446 e. The van der Waals surface area contributed by atoms with E-state index in [-0.39, 0.29) is 46.2 Å². The number of carbonyl (C=O) groups is 1. The van der Waals surface area contributed by atoms with Crippen LogP contribution in [-0.2, 0) is 14.6 Å². The molecule has 1 saturated carbocycles. The number of thioether (sulfide) groups is 1. The van der Waals surface area contributed by atoms with Gasteiger partial charge in [-0.25, -0.2) is 8.42 Å². The maximum absolute atomic E-state index is 12.8. The SMILES string of the molecule is O=C(/C=C/c1ccc(SC(F)(F)F)cc1)N(C1CCCC1)C1CCS(=O)(=O)C1. The first-order valence-electron chi connectivity index (χ1n) is 9.20. The summed E-state index contributed by atoms with van der Waals surface area (Å²) >= 11 is -0.184. The topological polar surface area (TPSA) is 54.5 Å². The van der Waals surface area contributed by atoms with Gasteiger partial charge in [0.05, 0.1) is 11.5 Å². The highest BCUT2D eigenvalue weighted by molar-refractivity contribution is 8.00. The summed E-state index contributed by atoms with van der Waals surface area (Å²) in [6, 6.07) is 5.54. The molecule has 3 rings (SSSR count). The fourth-order valence-corrected chi connectivity index (χ4v) is 6.12.